The number of unbranched alkanes of at least 4 members (excludes halogenated alkanes) is 2. The first-order chi connectivity index (χ1) is 17.8. The topological polar surface area (TPSA) is 113 Å². The normalized spacial score (nSPS) is 11.8. The Morgan fingerprint density at radius 1 is 1.08 bits per heavy atom. The lowest BCUT2D eigenvalue weighted by Gasteiger charge is -2.12. The van der Waals surface area contributed by atoms with Crippen molar-refractivity contribution in [3.8, 4) is 17.0 Å². The van der Waals surface area contributed by atoms with E-state index >= 15 is 0 Å². The van der Waals surface area contributed by atoms with Gasteiger partial charge in [-0.05, 0) is 68.0 Å². The standard InChI is InChI=1S/C29H39N5O3/c1-4-5-17-34-24(20-27(32-34)22-9-8-11-23(19-22)33(2)3)10-6-7-12-28(36)31-29(37)26(30)18-21-13-15-25(35)16-14-21/h8-9,11,13-16,19-20,26,35H,4-7,10,12,17-18,30H2,1-3H3,(H,31,36,37). The maximum Gasteiger partial charge on any atom is 0.243 e. The first kappa shape index (κ1) is 27.9. The number of rotatable bonds is 13. The Balaban J connectivity index is 1.51. The third-order valence-electron chi connectivity index (χ3n) is 6.32. The predicted molar refractivity (Wildman–Crippen MR) is 147 cm³/mol. The van der Waals surface area contributed by atoms with Crippen LogP contribution in [0.15, 0.2) is 54.6 Å². The Bertz CT molecular complexity index is 1170. The fraction of sp³-hybridized carbons (Fsp3) is 0.414. The number of benzene rings is 2. The summed E-state index contributed by atoms with van der Waals surface area (Å²) >= 11 is 0. The van der Waals surface area contributed by atoms with Gasteiger partial charge in [0, 0.05) is 44.0 Å². The van der Waals surface area contributed by atoms with Crippen LogP contribution in [0.2, 0.25) is 0 Å². The van der Waals surface area contributed by atoms with E-state index < -0.39 is 11.9 Å². The molecule has 2 amide bonds. The van der Waals surface area contributed by atoms with Crippen molar-refractivity contribution in [3.63, 3.8) is 0 Å². The lowest BCUT2D eigenvalue weighted by Crippen LogP contribution is -2.44. The molecule has 1 aromatic heterocycles. The number of aromatic nitrogens is 2. The number of hydrogen-bond acceptors (Lipinski definition) is 6. The molecule has 1 atom stereocenters. The van der Waals surface area contributed by atoms with Crippen molar-refractivity contribution in [1.29, 1.82) is 0 Å². The summed E-state index contributed by atoms with van der Waals surface area (Å²) in [6, 6.07) is 16.2. The van der Waals surface area contributed by atoms with Gasteiger partial charge in [-0.3, -0.25) is 19.6 Å². The first-order valence-corrected chi connectivity index (χ1v) is 13.0. The molecule has 3 rings (SSSR count). The van der Waals surface area contributed by atoms with Gasteiger partial charge in [-0.1, -0.05) is 37.6 Å². The minimum atomic E-state index is -0.828. The third kappa shape index (κ3) is 8.46. The minimum Gasteiger partial charge on any atom is -0.508 e. The van der Waals surface area contributed by atoms with Gasteiger partial charge in [-0.25, -0.2) is 0 Å². The van der Waals surface area contributed by atoms with Crippen molar-refractivity contribution in [2.24, 2.45) is 5.73 Å². The van der Waals surface area contributed by atoms with E-state index in [4.69, 9.17) is 10.8 Å². The molecule has 4 N–H and O–H groups in total. The van der Waals surface area contributed by atoms with Crippen LogP contribution in [0, 0.1) is 0 Å². The van der Waals surface area contributed by atoms with Gasteiger partial charge in [-0.2, -0.15) is 5.10 Å². The van der Waals surface area contributed by atoms with E-state index in [1.54, 1.807) is 24.3 Å². The molecular formula is C29H39N5O3. The van der Waals surface area contributed by atoms with Crippen molar-refractivity contribution in [2.75, 3.05) is 19.0 Å². The second kappa shape index (κ2) is 13.6. The van der Waals surface area contributed by atoms with E-state index in [0.717, 1.165) is 60.4 Å². The van der Waals surface area contributed by atoms with Crippen molar-refractivity contribution >= 4 is 17.5 Å². The average Bonchev–Trinajstić information content (AvgIpc) is 3.29. The van der Waals surface area contributed by atoms with Crippen LogP contribution >= 0.6 is 0 Å². The van der Waals surface area contributed by atoms with Gasteiger partial charge < -0.3 is 15.7 Å². The van der Waals surface area contributed by atoms with E-state index in [-0.39, 0.29) is 18.1 Å². The molecule has 0 saturated heterocycles. The molecule has 1 unspecified atom stereocenters. The molecule has 2 aromatic carbocycles. The maximum absolute atomic E-state index is 12.3. The lowest BCUT2D eigenvalue weighted by molar-refractivity contribution is -0.131. The summed E-state index contributed by atoms with van der Waals surface area (Å²) in [6.07, 6.45) is 4.99. The molecule has 0 aliphatic heterocycles. The highest BCUT2D eigenvalue weighted by Gasteiger charge is 2.17. The summed E-state index contributed by atoms with van der Waals surface area (Å²) in [7, 11) is 4.05. The van der Waals surface area contributed by atoms with Crippen molar-refractivity contribution in [2.45, 2.75) is 64.5 Å². The van der Waals surface area contributed by atoms with Gasteiger partial charge in [0.2, 0.25) is 11.8 Å². The highest BCUT2D eigenvalue weighted by atomic mass is 16.3. The summed E-state index contributed by atoms with van der Waals surface area (Å²) in [4.78, 5) is 26.7. The molecule has 1 heterocycles. The fourth-order valence-corrected chi connectivity index (χ4v) is 4.11. The summed E-state index contributed by atoms with van der Waals surface area (Å²) < 4.78 is 2.09. The molecular weight excluding hydrogens is 466 g/mol. The molecule has 8 nitrogen and oxygen atoms in total. The number of carbonyl (C=O) groups excluding carboxylic acids is 2. The van der Waals surface area contributed by atoms with Gasteiger partial charge in [-0.15, -0.1) is 0 Å². The van der Waals surface area contributed by atoms with Crippen LogP contribution in [-0.2, 0) is 29.0 Å². The molecule has 0 aliphatic rings. The minimum absolute atomic E-state index is 0.153. The Morgan fingerprint density at radius 3 is 2.54 bits per heavy atom. The largest absolute Gasteiger partial charge is 0.508 e. The number of aryl methyl sites for hydroxylation is 2. The smallest absolute Gasteiger partial charge is 0.243 e. The number of phenolic OH excluding ortho intramolecular Hbond substituents is 1. The van der Waals surface area contributed by atoms with Crippen LogP contribution in [-0.4, -0.2) is 46.8 Å². The highest BCUT2D eigenvalue weighted by molar-refractivity contribution is 5.97. The maximum atomic E-state index is 12.3. The van der Waals surface area contributed by atoms with E-state index in [1.807, 2.05) is 20.2 Å². The van der Waals surface area contributed by atoms with E-state index in [2.05, 4.69) is 46.1 Å². The molecule has 0 bridgehead atoms. The number of anilines is 1. The zero-order chi connectivity index (χ0) is 26.8. The molecule has 8 heteroatoms. The zero-order valence-corrected chi connectivity index (χ0v) is 22.1. The van der Waals surface area contributed by atoms with Gasteiger partial charge in [0.05, 0.1) is 11.7 Å². The molecule has 0 fully saturated rings. The van der Waals surface area contributed by atoms with Crippen LogP contribution in [0.4, 0.5) is 5.69 Å². The number of nitrogens with zero attached hydrogens (tertiary/aromatic N) is 3. The number of nitrogens with two attached hydrogens (primary N) is 1. The molecule has 0 aliphatic carbocycles. The zero-order valence-electron chi connectivity index (χ0n) is 22.1. The monoisotopic (exact) mass is 505 g/mol. The Labute approximate surface area is 219 Å². The molecule has 3 aromatic rings. The van der Waals surface area contributed by atoms with Crippen LogP contribution in [0.25, 0.3) is 11.3 Å². The molecule has 0 spiro atoms. The van der Waals surface area contributed by atoms with Gasteiger partial charge in [0.1, 0.15) is 5.75 Å². The third-order valence-corrected chi connectivity index (χ3v) is 6.32. The fourth-order valence-electron chi connectivity index (χ4n) is 4.11. The number of phenols is 1. The van der Waals surface area contributed by atoms with E-state index in [9.17, 15) is 14.7 Å². The summed E-state index contributed by atoms with van der Waals surface area (Å²) in [5, 5.41) is 16.7. The summed E-state index contributed by atoms with van der Waals surface area (Å²) in [6.45, 7) is 3.04. The molecule has 0 saturated carbocycles. The van der Waals surface area contributed by atoms with Crippen LogP contribution in [0.5, 0.6) is 5.75 Å². The van der Waals surface area contributed by atoms with Gasteiger partial charge in [0.15, 0.2) is 0 Å². The number of aromatic hydroxyl groups is 1. The Hall–Kier alpha value is -3.65. The lowest BCUT2D eigenvalue weighted by atomic mass is 10.1. The summed E-state index contributed by atoms with van der Waals surface area (Å²) in [5.41, 5.74) is 11.1. The van der Waals surface area contributed by atoms with Crippen molar-refractivity contribution in [1.82, 2.24) is 15.1 Å². The predicted octanol–water partition coefficient (Wildman–Crippen LogP) is 4.05. The van der Waals surface area contributed by atoms with Crippen molar-refractivity contribution in [3.05, 3.63) is 65.9 Å². The van der Waals surface area contributed by atoms with Crippen LogP contribution in [0.3, 0.4) is 0 Å². The number of amides is 2. The van der Waals surface area contributed by atoms with Crippen molar-refractivity contribution < 1.29 is 14.7 Å². The SMILES string of the molecule is CCCCn1nc(-c2cccc(N(C)C)c2)cc1CCCCC(=O)NC(=O)C(N)Cc1ccc(O)cc1. The number of hydrogen-bond donors (Lipinski definition) is 3. The van der Waals surface area contributed by atoms with Gasteiger partial charge in [0.25, 0.3) is 0 Å². The molecule has 0 radical (unpaired) electrons. The van der Waals surface area contributed by atoms with Gasteiger partial charge >= 0.3 is 0 Å². The second-order valence-corrected chi connectivity index (χ2v) is 9.64. The van der Waals surface area contributed by atoms with Crippen LogP contribution in [0.1, 0.15) is 50.3 Å². The van der Waals surface area contributed by atoms with E-state index in [0.29, 0.717) is 12.8 Å². The average molecular weight is 506 g/mol. The van der Waals surface area contributed by atoms with Crippen LogP contribution < -0.4 is 16.0 Å². The Morgan fingerprint density at radius 2 is 1.84 bits per heavy atom. The number of carbonyl (C=O) groups is 2. The highest BCUT2D eigenvalue weighted by Crippen LogP contribution is 2.25. The number of nitrogens with one attached hydrogen (secondary N) is 1. The summed E-state index contributed by atoms with van der Waals surface area (Å²) in [5.74, 6) is -0.646. The molecule has 37 heavy (non-hydrogen) atoms. The Kier molecular flexibility index (Phi) is 10.3. The first-order valence-electron chi connectivity index (χ1n) is 13.0. The molecule has 198 valence electrons. The van der Waals surface area contributed by atoms with E-state index in [1.165, 1.54) is 0 Å². The number of imide groups is 1. The second-order valence-electron chi connectivity index (χ2n) is 9.64. The quantitative estimate of drug-likeness (QED) is 0.302.